The second-order valence-electron chi connectivity index (χ2n) is 4.90. The van der Waals surface area contributed by atoms with Crippen molar-refractivity contribution in [3.05, 3.63) is 51.5 Å². The standard InChI is InChI=1S/C15H21N3S/c1-11-7-8-19-15(11)14(9-16)18(3)10-13-6-4-5-12(2)17-13/h4-8,14H,9-10,16H2,1-3H3. The summed E-state index contributed by atoms with van der Waals surface area (Å²) in [5.74, 6) is 0. The van der Waals surface area contributed by atoms with Crippen LogP contribution in [-0.2, 0) is 6.54 Å². The third kappa shape index (κ3) is 3.41. The average molecular weight is 275 g/mol. The van der Waals surface area contributed by atoms with Crippen LogP contribution in [0, 0.1) is 13.8 Å². The van der Waals surface area contributed by atoms with Crippen molar-refractivity contribution >= 4 is 11.3 Å². The molecule has 0 aromatic carbocycles. The van der Waals surface area contributed by atoms with Crippen LogP contribution < -0.4 is 5.73 Å². The highest BCUT2D eigenvalue weighted by molar-refractivity contribution is 7.10. The number of nitrogens with zero attached hydrogens (tertiary/aromatic N) is 2. The molecule has 1 unspecified atom stereocenters. The maximum absolute atomic E-state index is 5.96. The molecule has 1 atom stereocenters. The minimum Gasteiger partial charge on any atom is -0.329 e. The average Bonchev–Trinajstić information content (AvgIpc) is 2.77. The molecule has 2 heterocycles. The van der Waals surface area contributed by atoms with Crippen LogP contribution in [0.15, 0.2) is 29.6 Å². The van der Waals surface area contributed by atoms with E-state index in [0.717, 1.165) is 17.9 Å². The first kappa shape index (κ1) is 14.2. The predicted molar refractivity (Wildman–Crippen MR) is 81.3 cm³/mol. The number of likely N-dealkylation sites (N-methyl/N-ethyl adjacent to an activating group) is 1. The van der Waals surface area contributed by atoms with E-state index in [1.54, 1.807) is 11.3 Å². The first-order chi connectivity index (χ1) is 9.11. The number of thiophene rings is 1. The first-order valence-corrected chi connectivity index (χ1v) is 7.36. The predicted octanol–water partition coefficient (Wildman–Crippen LogP) is 2.89. The van der Waals surface area contributed by atoms with Crippen molar-refractivity contribution < 1.29 is 0 Å². The summed E-state index contributed by atoms with van der Waals surface area (Å²) in [7, 11) is 2.11. The molecule has 2 rings (SSSR count). The monoisotopic (exact) mass is 275 g/mol. The van der Waals surface area contributed by atoms with E-state index in [4.69, 9.17) is 5.73 Å². The van der Waals surface area contributed by atoms with Gasteiger partial charge in [-0.1, -0.05) is 6.07 Å². The Morgan fingerprint density at radius 2 is 2.11 bits per heavy atom. The number of nitrogens with two attached hydrogens (primary N) is 1. The lowest BCUT2D eigenvalue weighted by atomic mass is 10.1. The zero-order valence-electron chi connectivity index (χ0n) is 11.8. The maximum Gasteiger partial charge on any atom is 0.0567 e. The van der Waals surface area contributed by atoms with Gasteiger partial charge < -0.3 is 5.73 Å². The Hall–Kier alpha value is -1.23. The molecule has 2 aromatic heterocycles. The van der Waals surface area contributed by atoms with Crippen molar-refractivity contribution in [3.8, 4) is 0 Å². The van der Waals surface area contributed by atoms with Crippen LogP contribution in [-0.4, -0.2) is 23.5 Å². The summed E-state index contributed by atoms with van der Waals surface area (Å²) in [6.07, 6.45) is 0. The van der Waals surface area contributed by atoms with Crippen molar-refractivity contribution in [1.82, 2.24) is 9.88 Å². The fourth-order valence-corrected chi connectivity index (χ4v) is 3.37. The summed E-state index contributed by atoms with van der Waals surface area (Å²) in [4.78, 5) is 8.19. The van der Waals surface area contributed by atoms with Gasteiger partial charge in [0.1, 0.15) is 0 Å². The van der Waals surface area contributed by atoms with E-state index in [1.807, 2.05) is 13.0 Å². The number of hydrogen-bond donors (Lipinski definition) is 1. The molecular formula is C15H21N3S. The molecule has 2 aromatic rings. The lowest BCUT2D eigenvalue weighted by molar-refractivity contribution is 0.241. The molecule has 0 aliphatic carbocycles. The molecule has 0 fully saturated rings. The Kier molecular flexibility index (Phi) is 4.69. The molecule has 0 saturated carbocycles. The summed E-state index contributed by atoms with van der Waals surface area (Å²) in [6.45, 7) is 5.62. The van der Waals surface area contributed by atoms with Crippen LogP contribution in [0.1, 0.15) is 27.9 Å². The van der Waals surface area contributed by atoms with Gasteiger partial charge in [-0.25, -0.2) is 0 Å². The molecule has 0 radical (unpaired) electrons. The van der Waals surface area contributed by atoms with Gasteiger partial charge in [0.2, 0.25) is 0 Å². The topological polar surface area (TPSA) is 42.1 Å². The van der Waals surface area contributed by atoms with Crippen LogP contribution in [0.3, 0.4) is 0 Å². The number of aromatic nitrogens is 1. The summed E-state index contributed by atoms with van der Waals surface area (Å²) < 4.78 is 0. The first-order valence-electron chi connectivity index (χ1n) is 6.48. The number of rotatable bonds is 5. The molecule has 0 amide bonds. The molecule has 19 heavy (non-hydrogen) atoms. The zero-order valence-corrected chi connectivity index (χ0v) is 12.6. The minimum absolute atomic E-state index is 0.266. The van der Waals surface area contributed by atoms with E-state index in [0.29, 0.717) is 6.54 Å². The molecule has 0 spiro atoms. The third-order valence-electron chi connectivity index (χ3n) is 3.32. The van der Waals surface area contributed by atoms with E-state index < -0.39 is 0 Å². The van der Waals surface area contributed by atoms with Gasteiger partial charge >= 0.3 is 0 Å². The summed E-state index contributed by atoms with van der Waals surface area (Å²) in [5, 5.41) is 2.13. The van der Waals surface area contributed by atoms with E-state index in [1.165, 1.54) is 10.4 Å². The molecule has 4 heteroatoms. The molecule has 3 nitrogen and oxygen atoms in total. The van der Waals surface area contributed by atoms with Gasteiger partial charge in [-0.2, -0.15) is 0 Å². The normalized spacial score (nSPS) is 12.9. The minimum atomic E-state index is 0.266. The Labute approximate surface area is 119 Å². The Bertz CT molecular complexity index is 536. The summed E-state index contributed by atoms with van der Waals surface area (Å²) in [6, 6.07) is 8.56. The SMILES string of the molecule is Cc1cccc(CN(C)C(CN)c2sccc2C)n1. The van der Waals surface area contributed by atoms with Crippen molar-refractivity contribution in [3.63, 3.8) is 0 Å². The molecule has 0 aliphatic heterocycles. The van der Waals surface area contributed by atoms with Crippen molar-refractivity contribution in [2.45, 2.75) is 26.4 Å². The fraction of sp³-hybridized carbons (Fsp3) is 0.400. The van der Waals surface area contributed by atoms with Crippen molar-refractivity contribution in [2.75, 3.05) is 13.6 Å². The van der Waals surface area contributed by atoms with Gasteiger partial charge in [0.25, 0.3) is 0 Å². The van der Waals surface area contributed by atoms with Gasteiger partial charge in [-0.15, -0.1) is 11.3 Å². The molecule has 2 N–H and O–H groups in total. The maximum atomic E-state index is 5.96. The van der Waals surface area contributed by atoms with Gasteiger partial charge in [0.05, 0.1) is 11.7 Å². The zero-order chi connectivity index (χ0) is 13.8. The quantitative estimate of drug-likeness (QED) is 0.912. The van der Waals surface area contributed by atoms with Crippen LogP contribution in [0.25, 0.3) is 0 Å². The van der Waals surface area contributed by atoms with E-state index >= 15 is 0 Å². The van der Waals surface area contributed by atoms with Crippen LogP contribution in [0.4, 0.5) is 0 Å². The highest BCUT2D eigenvalue weighted by Crippen LogP contribution is 2.27. The lowest BCUT2D eigenvalue weighted by Crippen LogP contribution is -2.30. The van der Waals surface area contributed by atoms with Crippen LogP contribution >= 0.6 is 11.3 Å². The van der Waals surface area contributed by atoms with Crippen LogP contribution in [0.5, 0.6) is 0 Å². The summed E-state index contributed by atoms with van der Waals surface area (Å²) >= 11 is 1.78. The smallest absolute Gasteiger partial charge is 0.0567 e. The van der Waals surface area contributed by atoms with Crippen molar-refractivity contribution in [2.24, 2.45) is 5.73 Å². The third-order valence-corrected chi connectivity index (χ3v) is 4.44. The highest BCUT2D eigenvalue weighted by Gasteiger charge is 2.19. The second-order valence-corrected chi connectivity index (χ2v) is 5.85. The Morgan fingerprint density at radius 3 is 2.68 bits per heavy atom. The molecule has 0 saturated heterocycles. The van der Waals surface area contributed by atoms with Gasteiger partial charge in [-0.3, -0.25) is 9.88 Å². The van der Waals surface area contributed by atoms with E-state index in [2.05, 4.69) is 47.4 Å². The van der Waals surface area contributed by atoms with E-state index in [9.17, 15) is 0 Å². The molecule has 0 bridgehead atoms. The Morgan fingerprint density at radius 1 is 1.32 bits per heavy atom. The Balaban J connectivity index is 2.14. The summed E-state index contributed by atoms with van der Waals surface area (Å²) in [5.41, 5.74) is 9.44. The number of hydrogen-bond acceptors (Lipinski definition) is 4. The van der Waals surface area contributed by atoms with Crippen molar-refractivity contribution in [1.29, 1.82) is 0 Å². The van der Waals surface area contributed by atoms with Gasteiger partial charge in [-0.05, 0) is 50.0 Å². The van der Waals surface area contributed by atoms with Crippen LogP contribution in [0.2, 0.25) is 0 Å². The second kappa shape index (κ2) is 6.28. The van der Waals surface area contributed by atoms with Gasteiger partial charge in [0.15, 0.2) is 0 Å². The fourth-order valence-electron chi connectivity index (χ4n) is 2.27. The number of aryl methyl sites for hydroxylation is 2. The number of pyridine rings is 1. The molecule has 0 aliphatic rings. The lowest BCUT2D eigenvalue weighted by Gasteiger charge is -2.26. The molecule has 102 valence electrons. The molecular weight excluding hydrogens is 254 g/mol. The van der Waals surface area contributed by atoms with Gasteiger partial charge in [0, 0.05) is 23.7 Å². The highest BCUT2D eigenvalue weighted by atomic mass is 32.1. The van der Waals surface area contributed by atoms with E-state index in [-0.39, 0.29) is 6.04 Å². The largest absolute Gasteiger partial charge is 0.329 e.